The fraction of sp³-hybridized carbons (Fsp3) is 0.923. The van der Waals surface area contributed by atoms with Crippen molar-refractivity contribution in [1.82, 2.24) is 20.4 Å². The van der Waals surface area contributed by atoms with Crippen LogP contribution in [0.5, 0.6) is 0 Å². The van der Waals surface area contributed by atoms with E-state index in [-0.39, 0.29) is 6.03 Å². The van der Waals surface area contributed by atoms with E-state index in [4.69, 9.17) is 0 Å². The topological polar surface area (TPSA) is 47.6 Å². The van der Waals surface area contributed by atoms with Gasteiger partial charge in [-0.05, 0) is 44.8 Å². The van der Waals surface area contributed by atoms with Crippen LogP contribution in [0.2, 0.25) is 0 Å². The van der Waals surface area contributed by atoms with Gasteiger partial charge in [0.05, 0.1) is 6.04 Å². The van der Waals surface area contributed by atoms with Crippen molar-refractivity contribution in [2.75, 3.05) is 45.8 Å². The molecule has 3 saturated heterocycles. The summed E-state index contributed by atoms with van der Waals surface area (Å²) in [5.41, 5.74) is 0. The van der Waals surface area contributed by atoms with E-state index in [9.17, 15) is 4.79 Å². The van der Waals surface area contributed by atoms with Crippen molar-refractivity contribution in [3.63, 3.8) is 0 Å². The lowest BCUT2D eigenvalue weighted by atomic mass is 9.96. The molecule has 102 valence electrons. The number of fused-ring (bicyclic) bond motifs is 1. The van der Waals surface area contributed by atoms with Crippen LogP contribution in [0.3, 0.4) is 0 Å². The van der Waals surface area contributed by atoms with Gasteiger partial charge in [-0.1, -0.05) is 0 Å². The van der Waals surface area contributed by atoms with Crippen LogP contribution in [0.25, 0.3) is 0 Å². The summed E-state index contributed by atoms with van der Waals surface area (Å²) in [4.78, 5) is 16.0. The van der Waals surface area contributed by atoms with Crippen molar-refractivity contribution >= 4 is 6.03 Å². The normalized spacial score (nSPS) is 33.3. The molecule has 0 bridgehead atoms. The molecule has 3 heterocycles. The molecule has 3 aliphatic rings. The van der Waals surface area contributed by atoms with Gasteiger partial charge in [-0.2, -0.15) is 0 Å². The van der Waals surface area contributed by atoms with E-state index >= 15 is 0 Å². The molecule has 2 N–H and O–H groups in total. The Bertz CT molecular complexity index is 303. The lowest BCUT2D eigenvalue weighted by molar-refractivity contribution is 0.115. The van der Waals surface area contributed by atoms with Gasteiger partial charge in [0, 0.05) is 26.2 Å². The fourth-order valence-electron chi connectivity index (χ4n) is 3.41. The minimum atomic E-state index is 0.135. The Hall–Kier alpha value is -0.810. The molecule has 0 aromatic carbocycles. The van der Waals surface area contributed by atoms with Crippen molar-refractivity contribution in [2.24, 2.45) is 5.92 Å². The molecule has 2 amide bonds. The monoisotopic (exact) mass is 252 g/mol. The molecule has 2 atom stereocenters. The number of rotatable bonds is 3. The zero-order valence-corrected chi connectivity index (χ0v) is 11.0. The maximum absolute atomic E-state index is 11.5. The summed E-state index contributed by atoms with van der Waals surface area (Å²) in [5.74, 6) is 0.861. The largest absolute Gasteiger partial charge is 0.336 e. The highest BCUT2D eigenvalue weighted by atomic mass is 16.2. The Kier molecular flexibility index (Phi) is 3.70. The highest BCUT2D eigenvalue weighted by Gasteiger charge is 2.35. The van der Waals surface area contributed by atoms with Crippen molar-refractivity contribution < 1.29 is 4.79 Å². The number of piperazine rings is 1. The minimum Gasteiger partial charge on any atom is -0.336 e. The summed E-state index contributed by atoms with van der Waals surface area (Å²) < 4.78 is 0. The maximum Gasteiger partial charge on any atom is 0.317 e. The standard InChI is InChI=1S/C13H24N4O/c18-13-15-9-12-10-16(6-7-17(12)13)5-3-11-2-1-4-14-8-11/h11-12,14H,1-10H2,(H,15,18). The van der Waals surface area contributed by atoms with Gasteiger partial charge in [0.2, 0.25) is 0 Å². The number of urea groups is 1. The third-order valence-corrected chi connectivity index (χ3v) is 4.57. The lowest BCUT2D eigenvalue weighted by Crippen LogP contribution is -2.52. The SMILES string of the molecule is O=C1NCC2CN(CCC3CCCNC3)CCN12. The molecule has 3 fully saturated rings. The van der Waals surface area contributed by atoms with Gasteiger partial charge in [-0.15, -0.1) is 0 Å². The van der Waals surface area contributed by atoms with E-state index in [0.717, 1.165) is 32.1 Å². The number of hydrogen-bond acceptors (Lipinski definition) is 3. The number of hydrogen-bond donors (Lipinski definition) is 2. The highest BCUT2D eigenvalue weighted by Crippen LogP contribution is 2.18. The van der Waals surface area contributed by atoms with Gasteiger partial charge >= 0.3 is 6.03 Å². The zero-order chi connectivity index (χ0) is 12.4. The van der Waals surface area contributed by atoms with E-state index in [0.29, 0.717) is 6.04 Å². The van der Waals surface area contributed by atoms with E-state index in [1.807, 2.05) is 4.90 Å². The van der Waals surface area contributed by atoms with Crippen LogP contribution in [0.4, 0.5) is 4.79 Å². The second-order valence-electron chi connectivity index (χ2n) is 5.83. The molecule has 18 heavy (non-hydrogen) atoms. The molecule has 5 nitrogen and oxygen atoms in total. The van der Waals surface area contributed by atoms with Gasteiger partial charge in [0.1, 0.15) is 0 Å². The number of carbonyl (C=O) groups is 1. The van der Waals surface area contributed by atoms with Crippen molar-refractivity contribution in [3.05, 3.63) is 0 Å². The van der Waals surface area contributed by atoms with E-state index in [2.05, 4.69) is 15.5 Å². The molecule has 0 aromatic heterocycles. The molecule has 3 rings (SSSR count). The lowest BCUT2D eigenvalue weighted by Gasteiger charge is -2.37. The van der Waals surface area contributed by atoms with Crippen molar-refractivity contribution in [3.8, 4) is 0 Å². The van der Waals surface area contributed by atoms with Gasteiger partial charge in [-0.25, -0.2) is 4.79 Å². The van der Waals surface area contributed by atoms with Gasteiger partial charge < -0.3 is 15.5 Å². The van der Waals surface area contributed by atoms with Gasteiger partial charge in [0.25, 0.3) is 0 Å². The third-order valence-electron chi connectivity index (χ3n) is 4.57. The average Bonchev–Trinajstić information content (AvgIpc) is 2.79. The Morgan fingerprint density at radius 3 is 3.06 bits per heavy atom. The van der Waals surface area contributed by atoms with Crippen LogP contribution in [-0.2, 0) is 0 Å². The van der Waals surface area contributed by atoms with Crippen LogP contribution in [-0.4, -0.2) is 67.7 Å². The molecular formula is C13H24N4O. The average molecular weight is 252 g/mol. The first-order chi connectivity index (χ1) is 8.83. The zero-order valence-electron chi connectivity index (χ0n) is 11.0. The minimum absolute atomic E-state index is 0.135. The van der Waals surface area contributed by atoms with E-state index < -0.39 is 0 Å². The fourth-order valence-corrected chi connectivity index (χ4v) is 3.41. The quantitative estimate of drug-likeness (QED) is 0.748. The van der Waals surface area contributed by atoms with Crippen LogP contribution in [0.15, 0.2) is 0 Å². The Balaban J connectivity index is 1.43. The Morgan fingerprint density at radius 2 is 2.22 bits per heavy atom. The van der Waals surface area contributed by atoms with Crippen molar-refractivity contribution in [2.45, 2.75) is 25.3 Å². The number of piperidine rings is 1. The maximum atomic E-state index is 11.5. The molecule has 0 aliphatic carbocycles. The molecule has 2 unspecified atom stereocenters. The first kappa shape index (κ1) is 12.2. The van der Waals surface area contributed by atoms with E-state index in [1.165, 1.54) is 38.9 Å². The highest BCUT2D eigenvalue weighted by molar-refractivity contribution is 5.77. The molecule has 3 aliphatic heterocycles. The van der Waals surface area contributed by atoms with E-state index in [1.54, 1.807) is 0 Å². The van der Waals surface area contributed by atoms with Crippen LogP contribution in [0.1, 0.15) is 19.3 Å². The second kappa shape index (κ2) is 5.45. The third kappa shape index (κ3) is 2.62. The predicted octanol–water partition coefficient (Wildman–Crippen LogP) is 0.0855. The first-order valence-electron chi connectivity index (χ1n) is 7.30. The molecule has 0 saturated carbocycles. The van der Waals surface area contributed by atoms with Gasteiger partial charge in [-0.3, -0.25) is 4.90 Å². The number of nitrogens with one attached hydrogen (secondary N) is 2. The Labute approximate surface area is 109 Å². The molecule has 0 radical (unpaired) electrons. The summed E-state index contributed by atoms with van der Waals surface area (Å²) in [6, 6.07) is 0.548. The first-order valence-corrected chi connectivity index (χ1v) is 7.30. The van der Waals surface area contributed by atoms with Crippen LogP contribution >= 0.6 is 0 Å². The summed E-state index contributed by atoms with van der Waals surface area (Å²) in [7, 11) is 0. The molecule has 0 spiro atoms. The summed E-state index contributed by atoms with van der Waals surface area (Å²) >= 11 is 0. The molecule has 0 aromatic rings. The van der Waals surface area contributed by atoms with Crippen LogP contribution < -0.4 is 10.6 Å². The summed E-state index contributed by atoms with van der Waals surface area (Å²) in [6.07, 6.45) is 4.02. The molecule has 5 heteroatoms. The van der Waals surface area contributed by atoms with Crippen LogP contribution in [0, 0.1) is 5.92 Å². The predicted molar refractivity (Wildman–Crippen MR) is 70.5 cm³/mol. The summed E-state index contributed by atoms with van der Waals surface area (Å²) in [6.45, 7) is 7.43. The number of nitrogens with zero attached hydrogens (tertiary/aromatic N) is 2. The van der Waals surface area contributed by atoms with Crippen molar-refractivity contribution in [1.29, 1.82) is 0 Å². The summed E-state index contributed by atoms with van der Waals surface area (Å²) in [5, 5.41) is 6.42. The Morgan fingerprint density at radius 1 is 1.28 bits per heavy atom. The van der Waals surface area contributed by atoms with Gasteiger partial charge in [0.15, 0.2) is 0 Å². The number of carbonyl (C=O) groups excluding carboxylic acids is 1. The molecular weight excluding hydrogens is 228 g/mol. The number of amides is 2. The smallest absolute Gasteiger partial charge is 0.317 e. The second-order valence-corrected chi connectivity index (χ2v) is 5.83.